The van der Waals surface area contributed by atoms with Gasteiger partial charge in [-0.3, -0.25) is 15.0 Å². The summed E-state index contributed by atoms with van der Waals surface area (Å²) in [6.45, 7) is 2.56. The molecule has 2 heterocycles. The molecule has 1 saturated heterocycles. The van der Waals surface area contributed by atoms with Crippen molar-refractivity contribution < 1.29 is 19.2 Å². The number of carbonyl (C=O) groups excluding carboxylic acids is 1. The molecule has 1 atom stereocenters. The summed E-state index contributed by atoms with van der Waals surface area (Å²) in [5.41, 5.74) is 1.55. The number of rotatable bonds is 5. The number of amides is 2. The molecule has 1 aromatic carbocycles. The van der Waals surface area contributed by atoms with Crippen molar-refractivity contribution in [1.29, 1.82) is 0 Å². The molecule has 4 rings (SSSR count). The van der Waals surface area contributed by atoms with Crippen LogP contribution in [-0.4, -0.2) is 47.8 Å². The monoisotopic (exact) mass is 362 g/mol. The summed E-state index contributed by atoms with van der Waals surface area (Å²) in [7, 11) is 0. The molecule has 2 fully saturated rings. The van der Waals surface area contributed by atoms with Gasteiger partial charge in [-0.25, -0.2) is 4.79 Å². The van der Waals surface area contributed by atoms with E-state index in [9.17, 15) is 14.9 Å². The Balaban J connectivity index is 1.41. The Bertz CT molecular complexity index is 721. The Morgan fingerprint density at radius 3 is 2.85 bits per heavy atom. The predicted octanol–water partition coefficient (Wildman–Crippen LogP) is 1.50. The van der Waals surface area contributed by atoms with Gasteiger partial charge in [-0.15, -0.1) is 0 Å². The van der Waals surface area contributed by atoms with Gasteiger partial charge in [-0.05, 0) is 19.3 Å². The number of nitrogens with zero attached hydrogens (tertiary/aromatic N) is 2. The number of likely N-dealkylation sites (tertiary alicyclic amines) is 1. The molecule has 9 heteroatoms. The van der Waals surface area contributed by atoms with Crippen molar-refractivity contribution in [2.75, 3.05) is 19.9 Å². The minimum absolute atomic E-state index is 0.0468. The standard InChI is InChI=1S/C17H22N4O5/c22-17(18-13-1-2-13)19-14-3-4-20(8-14)7-11-5-15(21(23)24)6-12-9-25-10-26-16(11)12/h5-6,13-14H,1-4,7-10H2,(H2,18,19,22)/t14-/m1/s1. The van der Waals surface area contributed by atoms with Crippen molar-refractivity contribution in [2.45, 2.75) is 44.5 Å². The van der Waals surface area contributed by atoms with Crippen molar-refractivity contribution >= 4 is 11.7 Å². The minimum atomic E-state index is -0.394. The first-order valence-electron chi connectivity index (χ1n) is 8.88. The fraction of sp³-hybridized carbons (Fsp3) is 0.588. The van der Waals surface area contributed by atoms with Gasteiger partial charge in [0.15, 0.2) is 6.79 Å². The molecule has 0 spiro atoms. The maximum Gasteiger partial charge on any atom is 0.315 e. The Hall–Kier alpha value is -2.39. The van der Waals surface area contributed by atoms with E-state index in [0.29, 0.717) is 37.1 Å². The molecule has 2 aliphatic heterocycles. The molecule has 26 heavy (non-hydrogen) atoms. The van der Waals surface area contributed by atoms with Crippen LogP contribution in [0.1, 0.15) is 30.4 Å². The van der Waals surface area contributed by atoms with Crippen molar-refractivity contribution in [3.05, 3.63) is 33.4 Å². The van der Waals surface area contributed by atoms with E-state index >= 15 is 0 Å². The lowest BCUT2D eigenvalue weighted by Gasteiger charge is -2.23. The number of nitrogens with one attached hydrogen (secondary N) is 2. The van der Waals surface area contributed by atoms with Gasteiger partial charge >= 0.3 is 6.03 Å². The molecule has 1 aliphatic carbocycles. The quantitative estimate of drug-likeness (QED) is 0.607. The molecule has 9 nitrogen and oxygen atoms in total. The third-order valence-electron chi connectivity index (χ3n) is 4.90. The van der Waals surface area contributed by atoms with Crippen LogP contribution >= 0.6 is 0 Å². The summed E-state index contributed by atoms with van der Waals surface area (Å²) >= 11 is 0. The van der Waals surface area contributed by atoms with Gasteiger partial charge in [-0.2, -0.15) is 0 Å². The molecule has 3 aliphatic rings. The van der Waals surface area contributed by atoms with Crippen molar-refractivity contribution in [3.63, 3.8) is 0 Å². The number of ether oxygens (including phenoxy) is 2. The zero-order valence-corrected chi connectivity index (χ0v) is 14.4. The number of hydrogen-bond donors (Lipinski definition) is 2. The van der Waals surface area contributed by atoms with Crippen molar-refractivity contribution in [2.24, 2.45) is 0 Å². The van der Waals surface area contributed by atoms with Gasteiger partial charge in [-0.1, -0.05) is 0 Å². The highest BCUT2D eigenvalue weighted by atomic mass is 16.7. The SMILES string of the molecule is O=C(NC1CC1)N[C@@H]1CCN(Cc2cc([N+](=O)[O-])cc3c2OCOC3)C1. The van der Waals surface area contributed by atoms with Crippen LogP contribution in [0.25, 0.3) is 0 Å². The molecule has 0 bridgehead atoms. The van der Waals surface area contributed by atoms with Gasteiger partial charge in [0.05, 0.1) is 11.5 Å². The molecule has 2 amide bonds. The number of urea groups is 1. The number of nitro benzene ring substituents is 1. The Morgan fingerprint density at radius 2 is 2.08 bits per heavy atom. The second-order valence-electron chi connectivity index (χ2n) is 7.07. The van der Waals surface area contributed by atoms with Crippen LogP contribution in [0.2, 0.25) is 0 Å². The third kappa shape index (κ3) is 3.88. The van der Waals surface area contributed by atoms with Gasteiger partial charge < -0.3 is 20.1 Å². The number of fused-ring (bicyclic) bond motifs is 1. The van der Waals surface area contributed by atoms with E-state index in [2.05, 4.69) is 15.5 Å². The molecule has 1 aromatic rings. The lowest BCUT2D eigenvalue weighted by molar-refractivity contribution is -0.385. The lowest BCUT2D eigenvalue weighted by Crippen LogP contribution is -2.44. The third-order valence-corrected chi connectivity index (χ3v) is 4.90. The lowest BCUT2D eigenvalue weighted by atomic mass is 10.1. The van der Waals surface area contributed by atoms with Gasteiger partial charge in [0.2, 0.25) is 0 Å². The Kier molecular flexibility index (Phi) is 4.64. The van der Waals surface area contributed by atoms with E-state index in [4.69, 9.17) is 9.47 Å². The summed E-state index contributed by atoms with van der Waals surface area (Å²) in [4.78, 5) is 24.9. The molecule has 2 N–H and O–H groups in total. The van der Waals surface area contributed by atoms with E-state index in [1.807, 2.05) is 0 Å². The topological polar surface area (TPSA) is 106 Å². The largest absolute Gasteiger partial charge is 0.467 e. The summed E-state index contributed by atoms with van der Waals surface area (Å²) in [5, 5.41) is 17.1. The zero-order valence-electron chi connectivity index (χ0n) is 14.4. The van der Waals surface area contributed by atoms with Gasteiger partial charge in [0.1, 0.15) is 5.75 Å². The van der Waals surface area contributed by atoms with E-state index < -0.39 is 4.92 Å². The highest BCUT2D eigenvalue weighted by molar-refractivity contribution is 5.75. The summed E-state index contributed by atoms with van der Waals surface area (Å²) in [5.74, 6) is 0.685. The predicted molar refractivity (Wildman–Crippen MR) is 91.8 cm³/mol. The fourth-order valence-electron chi connectivity index (χ4n) is 3.48. The second-order valence-corrected chi connectivity index (χ2v) is 7.07. The van der Waals surface area contributed by atoms with Crippen LogP contribution in [0.5, 0.6) is 5.75 Å². The van der Waals surface area contributed by atoms with Crippen LogP contribution in [-0.2, 0) is 17.9 Å². The summed E-state index contributed by atoms with van der Waals surface area (Å²) < 4.78 is 10.8. The first-order valence-corrected chi connectivity index (χ1v) is 8.88. The Labute approximate surface area is 150 Å². The minimum Gasteiger partial charge on any atom is -0.467 e. The van der Waals surface area contributed by atoms with Crippen molar-refractivity contribution in [1.82, 2.24) is 15.5 Å². The maximum absolute atomic E-state index is 11.9. The molecule has 0 radical (unpaired) electrons. The maximum atomic E-state index is 11.9. The van der Waals surface area contributed by atoms with Crippen LogP contribution in [0.15, 0.2) is 12.1 Å². The summed E-state index contributed by atoms with van der Waals surface area (Å²) in [6.07, 6.45) is 2.98. The van der Waals surface area contributed by atoms with Crippen LogP contribution in [0.4, 0.5) is 10.5 Å². The number of benzene rings is 1. The fourth-order valence-corrected chi connectivity index (χ4v) is 3.48. The van der Waals surface area contributed by atoms with Crippen LogP contribution < -0.4 is 15.4 Å². The highest BCUT2D eigenvalue weighted by Gasteiger charge is 2.29. The van der Waals surface area contributed by atoms with Gasteiger partial charge in [0.25, 0.3) is 5.69 Å². The second kappa shape index (κ2) is 7.08. The Morgan fingerprint density at radius 1 is 1.27 bits per heavy atom. The van der Waals surface area contributed by atoms with Crippen LogP contribution in [0.3, 0.4) is 0 Å². The number of hydrogen-bond acceptors (Lipinski definition) is 6. The van der Waals surface area contributed by atoms with E-state index in [0.717, 1.165) is 31.4 Å². The normalized spacial score (nSPS) is 22.4. The first kappa shape index (κ1) is 17.0. The molecule has 0 unspecified atom stereocenters. The van der Waals surface area contributed by atoms with Gasteiger partial charge in [0, 0.05) is 55.0 Å². The highest BCUT2D eigenvalue weighted by Crippen LogP contribution is 2.34. The number of carbonyl (C=O) groups is 1. The van der Waals surface area contributed by atoms with E-state index in [1.54, 1.807) is 6.07 Å². The molecule has 0 aromatic heterocycles. The molecule has 140 valence electrons. The average molecular weight is 362 g/mol. The number of non-ortho nitro benzene ring substituents is 1. The summed E-state index contributed by atoms with van der Waals surface area (Å²) in [6, 6.07) is 3.41. The van der Waals surface area contributed by atoms with E-state index in [1.165, 1.54) is 6.07 Å². The number of nitro groups is 1. The zero-order chi connectivity index (χ0) is 18.1. The first-order chi connectivity index (χ1) is 12.6. The van der Waals surface area contributed by atoms with Crippen LogP contribution in [0, 0.1) is 10.1 Å². The molecule has 1 saturated carbocycles. The van der Waals surface area contributed by atoms with Crippen molar-refractivity contribution in [3.8, 4) is 5.75 Å². The van der Waals surface area contributed by atoms with E-state index in [-0.39, 0.29) is 24.6 Å². The average Bonchev–Trinajstić information content (AvgIpc) is 3.32. The molecular formula is C17H22N4O5. The molecular weight excluding hydrogens is 340 g/mol. The smallest absolute Gasteiger partial charge is 0.315 e.